The van der Waals surface area contributed by atoms with Crippen LogP contribution < -0.4 is 11.1 Å². The normalized spacial score (nSPS) is 21.0. The van der Waals surface area contributed by atoms with Crippen molar-refractivity contribution in [2.24, 2.45) is 16.1 Å². The van der Waals surface area contributed by atoms with Crippen LogP contribution in [0.2, 0.25) is 0 Å². The van der Waals surface area contributed by atoms with Crippen molar-refractivity contribution in [2.45, 2.75) is 39.2 Å². The maximum Gasteiger partial charge on any atom is 0.188 e. The zero-order valence-electron chi connectivity index (χ0n) is 10.9. The highest BCUT2D eigenvalue weighted by atomic mass is 32.2. The Balaban J connectivity index is 2.47. The highest BCUT2D eigenvalue weighted by Crippen LogP contribution is 2.46. The molecule has 0 saturated heterocycles. The molecule has 17 heavy (non-hydrogen) atoms. The first-order chi connectivity index (χ1) is 7.76. The summed E-state index contributed by atoms with van der Waals surface area (Å²) in [7, 11) is -2.93. The number of aliphatic imine (C=N–C) groups is 1. The van der Waals surface area contributed by atoms with E-state index in [1.807, 2.05) is 6.92 Å². The second-order valence-corrected chi connectivity index (χ2v) is 7.37. The van der Waals surface area contributed by atoms with Crippen LogP contribution >= 0.6 is 0 Å². The Morgan fingerprint density at radius 3 is 2.53 bits per heavy atom. The third-order valence-electron chi connectivity index (χ3n) is 3.12. The van der Waals surface area contributed by atoms with Gasteiger partial charge in [0.2, 0.25) is 0 Å². The number of nitrogens with zero attached hydrogens (tertiary/aromatic N) is 1. The van der Waals surface area contributed by atoms with E-state index < -0.39 is 9.84 Å². The molecule has 1 fully saturated rings. The maximum atomic E-state index is 11.3. The summed E-state index contributed by atoms with van der Waals surface area (Å²) in [6.45, 7) is 4.61. The molecule has 1 unspecified atom stereocenters. The second kappa shape index (κ2) is 5.25. The number of nitrogens with one attached hydrogen (secondary N) is 1. The molecular formula is C11H23N3O2S. The molecule has 1 aliphatic carbocycles. The van der Waals surface area contributed by atoms with Crippen LogP contribution in [-0.2, 0) is 9.84 Å². The predicted molar refractivity (Wildman–Crippen MR) is 70.8 cm³/mol. The molecule has 0 bridgehead atoms. The minimum atomic E-state index is -2.93. The monoisotopic (exact) mass is 261 g/mol. The molecule has 1 aliphatic rings. The van der Waals surface area contributed by atoms with E-state index in [2.05, 4.69) is 17.2 Å². The zero-order valence-corrected chi connectivity index (χ0v) is 11.7. The van der Waals surface area contributed by atoms with Gasteiger partial charge in [0.15, 0.2) is 5.96 Å². The number of hydrogen-bond acceptors (Lipinski definition) is 3. The van der Waals surface area contributed by atoms with Gasteiger partial charge in [0, 0.05) is 24.3 Å². The minimum absolute atomic E-state index is 0.144. The van der Waals surface area contributed by atoms with Gasteiger partial charge in [-0.15, -0.1) is 0 Å². The first-order valence-corrected chi connectivity index (χ1v) is 8.06. The summed E-state index contributed by atoms with van der Waals surface area (Å²) in [5.74, 6) is 0.638. The third-order valence-corrected chi connectivity index (χ3v) is 4.25. The van der Waals surface area contributed by atoms with Crippen LogP contribution in [0.25, 0.3) is 0 Å². The van der Waals surface area contributed by atoms with Gasteiger partial charge in [-0.05, 0) is 26.2 Å². The molecule has 6 heteroatoms. The summed E-state index contributed by atoms with van der Waals surface area (Å²) in [5, 5.41) is 3.07. The highest BCUT2D eigenvalue weighted by molar-refractivity contribution is 7.90. The fraction of sp³-hybridized carbons (Fsp3) is 0.909. The van der Waals surface area contributed by atoms with Crippen molar-refractivity contribution in [1.29, 1.82) is 0 Å². The highest BCUT2D eigenvalue weighted by Gasteiger charge is 2.45. The van der Waals surface area contributed by atoms with Crippen LogP contribution in [0, 0.1) is 5.41 Å². The average Bonchev–Trinajstić information content (AvgIpc) is 2.92. The van der Waals surface area contributed by atoms with Gasteiger partial charge in [-0.3, -0.25) is 4.99 Å². The van der Waals surface area contributed by atoms with Crippen molar-refractivity contribution in [1.82, 2.24) is 5.32 Å². The average molecular weight is 261 g/mol. The van der Waals surface area contributed by atoms with E-state index in [0.717, 1.165) is 19.3 Å². The number of sulfone groups is 1. The third kappa shape index (κ3) is 5.39. The van der Waals surface area contributed by atoms with Crippen LogP contribution in [0.3, 0.4) is 0 Å². The van der Waals surface area contributed by atoms with Crippen molar-refractivity contribution in [2.75, 3.05) is 18.6 Å². The van der Waals surface area contributed by atoms with Crippen LogP contribution in [0.1, 0.15) is 33.1 Å². The summed E-state index contributed by atoms with van der Waals surface area (Å²) in [5.41, 5.74) is 5.59. The lowest BCUT2D eigenvalue weighted by Crippen LogP contribution is -2.38. The summed E-state index contributed by atoms with van der Waals surface area (Å²) < 4.78 is 22.5. The molecule has 1 atom stereocenters. The summed E-state index contributed by atoms with van der Waals surface area (Å²) >= 11 is 0. The molecule has 0 aromatic carbocycles. The Morgan fingerprint density at radius 1 is 1.53 bits per heavy atom. The van der Waals surface area contributed by atoms with Gasteiger partial charge in [-0.1, -0.05) is 6.92 Å². The van der Waals surface area contributed by atoms with Crippen molar-refractivity contribution < 1.29 is 8.42 Å². The van der Waals surface area contributed by atoms with E-state index in [1.54, 1.807) is 0 Å². The van der Waals surface area contributed by atoms with Crippen LogP contribution in [-0.4, -0.2) is 39.0 Å². The van der Waals surface area contributed by atoms with Gasteiger partial charge in [0.1, 0.15) is 9.84 Å². The molecule has 0 aromatic rings. The lowest BCUT2D eigenvalue weighted by molar-refractivity contribution is 0.549. The van der Waals surface area contributed by atoms with E-state index in [0.29, 0.717) is 18.5 Å². The van der Waals surface area contributed by atoms with E-state index in [1.165, 1.54) is 6.26 Å². The number of hydrogen-bond donors (Lipinski definition) is 2. The summed E-state index contributed by atoms with van der Waals surface area (Å²) in [6.07, 6.45) is 4.11. The largest absolute Gasteiger partial charge is 0.370 e. The van der Waals surface area contributed by atoms with Crippen molar-refractivity contribution >= 4 is 15.8 Å². The Hall–Kier alpha value is -0.780. The Kier molecular flexibility index (Phi) is 4.41. The van der Waals surface area contributed by atoms with Gasteiger partial charge in [-0.25, -0.2) is 8.42 Å². The van der Waals surface area contributed by atoms with Gasteiger partial charge < -0.3 is 11.1 Å². The topological polar surface area (TPSA) is 84.5 Å². The van der Waals surface area contributed by atoms with Gasteiger partial charge in [0.05, 0.1) is 5.75 Å². The Labute approximate surface area is 104 Å². The predicted octanol–water partition coefficient (Wildman–Crippen LogP) is 0.514. The quantitative estimate of drug-likeness (QED) is 0.539. The molecule has 1 saturated carbocycles. The van der Waals surface area contributed by atoms with Crippen molar-refractivity contribution in [3.05, 3.63) is 0 Å². The molecule has 0 aromatic heterocycles. The van der Waals surface area contributed by atoms with E-state index in [9.17, 15) is 8.42 Å². The lowest BCUT2D eigenvalue weighted by atomic mass is 10.1. The summed E-state index contributed by atoms with van der Waals surface area (Å²) in [6, 6.07) is 0.295. The molecule has 0 amide bonds. The molecule has 1 rings (SSSR count). The van der Waals surface area contributed by atoms with Gasteiger partial charge in [0.25, 0.3) is 0 Å². The number of nitrogens with two attached hydrogens (primary N) is 1. The van der Waals surface area contributed by atoms with E-state index in [4.69, 9.17) is 5.73 Å². The smallest absolute Gasteiger partial charge is 0.188 e. The van der Waals surface area contributed by atoms with Gasteiger partial charge >= 0.3 is 0 Å². The fourth-order valence-electron chi connectivity index (χ4n) is 1.73. The van der Waals surface area contributed by atoms with Crippen LogP contribution in [0.5, 0.6) is 0 Å². The van der Waals surface area contributed by atoms with Crippen molar-refractivity contribution in [3.8, 4) is 0 Å². The lowest BCUT2D eigenvalue weighted by Gasteiger charge is -2.14. The molecule has 0 aliphatic heterocycles. The van der Waals surface area contributed by atoms with E-state index in [-0.39, 0.29) is 11.2 Å². The number of rotatable bonds is 6. The number of guanidine groups is 1. The summed E-state index contributed by atoms with van der Waals surface area (Å²) in [4.78, 5) is 4.25. The minimum Gasteiger partial charge on any atom is -0.370 e. The Bertz CT molecular complexity index is 386. The first-order valence-electron chi connectivity index (χ1n) is 6.00. The second-order valence-electron chi connectivity index (χ2n) is 5.23. The maximum absolute atomic E-state index is 11.3. The molecule has 0 heterocycles. The molecular weight excluding hydrogens is 238 g/mol. The standard InChI is InChI=1S/C11H23N3O2S/c1-4-9(2)14-10(12)13-7-11(5-6-11)8-17(3,15)16/h9H,4-8H2,1-3H3,(H3,12,13,14). The molecule has 0 radical (unpaired) electrons. The molecule has 100 valence electrons. The molecule has 3 N–H and O–H groups in total. The molecule has 5 nitrogen and oxygen atoms in total. The van der Waals surface area contributed by atoms with Crippen LogP contribution in [0.15, 0.2) is 4.99 Å². The van der Waals surface area contributed by atoms with Crippen molar-refractivity contribution in [3.63, 3.8) is 0 Å². The molecule has 0 spiro atoms. The van der Waals surface area contributed by atoms with E-state index >= 15 is 0 Å². The fourth-order valence-corrected chi connectivity index (χ4v) is 3.23. The zero-order chi connectivity index (χ0) is 13.1. The first kappa shape index (κ1) is 14.3. The SMILES string of the molecule is CCC(C)NC(N)=NCC1(CS(C)(=O)=O)CC1. The van der Waals surface area contributed by atoms with Gasteiger partial charge in [-0.2, -0.15) is 0 Å². The Morgan fingerprint density at radius 2 is 2.12 bits per heavy atom. The van der Waals surface area contributed by atoms with Crippen LogP contribution in [0.4, 0.5) is 0 Å².